The number of rotatable bonds is 14. The van der Waals surface area contributed by atoms with Gasteiger partial charge in [-0.2, -0.15) is 0 Å². The SMILES string of the molecule is CCCC[P+](CCCC)(CCCC)C(CC)C(=O)Nc1c(C)cc(OC)cc1C. The Bertz CT molecular complexity index is 584. The van der Waals surface area contributed by atoms with Crippen molar-refractivity contribution in [1.29, 1.82) is 0 Å². The molecule has 0 aromatic heterocycles. The van der Waals surface area contributed by atoms with Crippen LogP contribution in [0.1, 0.15) is 83.8 Å². The largest absolute Gasteiger partial charge is 0.497 e. The van der Waals surface area contributed by atoms with Crippen molar-refractivity contribution in [1.82, 2.24) is 0 Å². The molecule has 29 heavy (non-hydrogen) atoms. The lowest BCUT2D eigenvalue weighted by molar-refractivity contribution is -0.115. The molecule has 1 N–H and O–H groups in total. The molecular weight excluding hydrogens is 377 g/mol. The van der Waals surface area contributed by atoms with Gasteiger partial charge < -0.3 is 10.1 Å². The Labute approximate surface area is 180 Å². The van der Waals surface area contributed by atoms with Crippen LogP contribution in [0, 0.1) is 13.8 Å². The van der Waals surface area contributed by atoms with Gasteiger partial charge in [-0.3, -0.25) is 4.79 Å². The van der Waals surface area contributed by atoms with Crippen LogP contribution in [-0.2, 0) is 4.79 Å². The van der Waals surface area contributed by atoms with Gasteiger partial charge in [0.25, 0.3) is 5.91 Å². The molecule has 1 aromatic rings. The smallest absolute Gasteiger partial charge is 0.265 e. The lowest BCUT2D eigenvalue weighted by atomic mass is 10.1. The first-order chi connectivity index (χ1) is 13.9. The Hall–Kier alpha value is -1.08. The van der Waals surface area contributed by atoms with Crippen molar-refractivity contribution < 1.29 is 9.53 Å². The molecule has 1 unspecified atom stereocenters. The topological polar surface area (TPSA) is 38.3 Å². The summed E-state index contributed by atoms with van der Waals surface area (Å²) in [6.45, 7) is 13.2. The van der Waals surface area contributed by atoms with Crippen molar-refractivity contribution in [2.75, 3.05) is 30.9 Å². The average Bonchev–Trinajstić information content (AvgIpc) is 2.71. The van der Waals surface area contributed by atoms with Crippen LogP contribution in [-0.4, -0.2) is 37.2 Å². The van der Waals surface area contributed by atoms with E-state index in [0.717, 1.165) is 29.0 Å². The van der Waals surface area contributed by atoms with E-state index in [1.165, 1.54) is 57.0 Å². The van der Waals surface area contributed by atoms with E-state index in [1.807, 2.05) is 12.1 Å². The highest BCUT2D eigenvalue weighted by Gasteiger charge is 2.47. The van der Waals surface area contributed by atoms with E-state index < -0.39 is 7.26 Å². The Morgan fingerprint density at radius 3 is 1.72 bits per heavy atom. The molecule has 4 heteroatoms. The van der Waals surface area contributed by atoms with Gasteiger partial charge in [0.15, 0.2) is 0 Å². The molecule has 0 fully saturated rings. The summed E-state index contributed by atoms with van der Waals surface area (Å²) in [4.78, 5) is 13.6. The Balaban J connectivity index is 3.22. The molecular formula is C25H45NO2P+. The first-order valence-corrected chi connectivity index (χ1v) is 14.1. The van der Waals surface area contributed by atoms with Crippen LogP contribution in [0.5, 0.6) is 5.75 Å². The van der Waals surface area contributed by atoms with Crippen LogP contribution in [0.25, 0.3) is 0 Å². The van der Waals surface area contributed by atoms with Crippen molar-refractivity contribution in [3.63, 3.8) is 0 Å². The summed E-state index contributed by atoms with van der Waals surface area (Å²) in [7, 11) is 0.357. The molecule has 0 saturated carbocycles. The molecule has 0 aliphatic heterocycles. The van der Waals surface area contributed by atoms with Crippen LogP contribution in [0.2, 0.25) is 0 Å². The Morgan fingerprint density at radius 2 is 1.38 bits per heavy atom. The van der Waals surface area contributed by atoms with Gasteiger partial charge in [-0.05, 0) is 62.8 Å². The zero-order valence-corrected chi connectivity index (χ0v) is 21.0. The molecule has 0 heterocycles. The van der Waals surface area contributed by atoms with E-state index in [-0.39, 0.29) is 11.6 Å². The van der Waals surface area contributed by atoms with Crippen molar-refractivity contribution >= 4 is 18.9 Å². The van der Waals surface area contributed by atoms with Crippen LogP contribution in [0.4, 0.5) is 5.69 Å². The van der Waals surface area contributed by atoms with E-state index in [4.69, 9.17) is 4.74 Å². The first-order valence-electron chi connectivity index (χ1n) is 11.7. The van der Waals surface area contributed by atoms with Crippen LogP contribution >= 0.6 is 7.26 Å². The van der Waals surface area contributed by atoms with Gasteiger partial charge in [-0.15, -0.1) is 0 Å². The second-order valence-electron chi connectivity index (χ2n) is 8.50. The average molecular weight is 423 g/mol. The Morgan fingerprint density at radius 1 is 0.931 bits per heavy atom. The highest BCUT2D eigenvalue weighted by atomic mass is 31.2. The lowest BCUT2D eigenvalue weighted by Crippen LogP contribution is -2.34. The quantitative estimate of drug-likeness (QED) is 0.316. The molecule has 1 amide bonds. The van der Waals surface area contributed by atoms with Crippen LogP contribution in [0.15, 0.2) is 12.1 Å². The number of nitrogens with one attached hydrogen (secondary N) is 1. The first kappa shape index (κ1) is 26.0. The summed E-state index contributed by atoms with van der Waals surface area (Å²) in [6, 6.07) is 4.02. The van der Waals surface area contributed by atoms with Crippen molar-refractivity contribution in [2.45, 2.75) is 92.1 Å². The number of methoxy groups -OCH3 is 1. The zero-order chi connectivity index (χ0) is 21.9. The maximum Gasteiger partial charge on any atom is 0.265 e. The fourth-order valence-electron chi connectivity index (χ4n) is 4.49. The maximum atomic E-state index is 13.6. The van der Waals surface area contributed by atoms with Gasteiger partial charge in [0.05, 0.1) is 25.6 Å². The maximum absolute atomic E-state index is 13.6. The third kappa shape index (κ3) is 7.28. The van der Waals surface area contributed by atoms with E-state index >= 15 is 0 Å². The number of unbranched alkanes of at least 4 members (excludes halogenated alkanes) is 3. The van der Waals surface area contributed by atoms with Gasteiger partial charge in [0, 0.05) is 12.9 Å². The Kier molecular flexibility index (Phi) is 11.9. The molecule has 0 saturated heterocycles. The monoisotopic (exact) mass is 422 g/mol. The predicted molar refractivity (Wildman–Crippen MR) is 131 cm³/mol. The minimum atomic E-state index is -1.33. The fraction of sp³-hybridized carbons (Fsp3) is 0.720. The second kappa shape index (κ2) is 13.3. The van der Waals surface area contributed by atoms with E-state index in [2.05, 4.69) is 46.9 Å². The van der Waals surface area contributed by atoms with E-state index in [1.54, 1.807) is 7.11 Å². The minimum Gasteiger partial charge on any atom is -0.497 e. The molecule has 0 aliphatic rings. The van der Waals surface area contributed by atoms with Gasteiger partial charge in [0.1, 0.15) is 11.4 Å². The normalized spacial score (nSPS) is 12.7. The molecule has 166 valence electrons. The van der Waals surface area contributed by atoms with Crippen molar-refractivity contribution in [2.24, 2.45) is 0 Å². The molecule has 3 nitrogen and oxygen atoms in total. The number of carbonyl (C=O) groups is 1. The van der Waals surface area contributed by atoms with Crippen molar-refractivity contribution in [3.05, 3.63) is 23.3 Å². The minimum absolute atomic E-state index is 0.174. The molecule has 0 radical (unpaired) electrons. The standard InChI is InChI=1S/C25H44NO2P/c1-8-12-15-29(16-13-9-2,17-14-10-3)23(11-4)25(27)26-24-20(5)18-22(28-7)19-21(24)6/h18-19,23H,8-17H2,1-7H3/p+1. The number of anilines is 1. The summed E-state index contributed by atoms with van der Waals surface area (Å²) < 4.78 is 5.38. The number of carbonyl (C=O) groups excluding carboxylic acids is 1. The summed E-state index contributed by atoms with van der Waals surface area (Å²) in [6.07, 6.45) is 12.2. The van der Waals surface area contributed by atoms with E-state index in [9.17, 15) is 4.79 Å². The fourth-order valence-corrected chi connectivity index (χ4v) is 10.3. The van der Waals surface area contributed by atoms with Crippen LogP contribution < -0.4 is 10.1 Å². The summed E-state index contributed by atoms with van der Waals surface area (Å²) in [5.41, 5.74) is 3.29. The highest BCUT2D eigenvalue weighted by molar-refractivity contribution is 7.77. The predicted octanol–water partition coefficient (Wildman–Crippen LogP) is 7.45. The third-order valence-corrected chi connectivity index (χ3v) is 11.8. The highest BCUT2D eigenvalue weighted by Crippen LogP contribution is 2.65. The molecule has 1 rings (SSSR count). The number of hydrogen-bond donors (Lipinski definition) is 1. The van der Waals surface area contributed by atoms with Gasteiger partial charge in [-0.25, -0.2) is 0 Å². The molecule has 1 atom stereocenters. The number of hydrogen-bond acceptors (Lipinski definition) is 2. The number of benzene rings is 1. The number of aryl methyl sites for hydroxylation is 2. The second-order valence-corrected chi connectivity index (χ2v) is 12.9. The number of amides is 1. The molecule has 0 aliphatic carbocycles. The van der Waals surface area contributed by atoms with Gasteiger partial charge >= 0.3 is 0 Å². The van der Waals surface area contributed by atoms with E-state index in [0.29, 0.717) is 0 Å². The molecule has 1 aromatic carbocycles. The van der Waals surface area contributed by atoms with Gasteiger partial charge in [0.2, 0.25) is 0 Å². The molecule has 0 spiro atoms. The third-order valence-electron chi connectivity index (χ3n) is 6.21. The molecule has 0 bridgehead atoms. The summed E-state index contributed by atoms with van der Waals surface area (Å²) in [5, 5.41) is 3.35. The zero-order valence-electron chi connectivity index (χ0n) is 20.1. The van der Waals surface area contributed by atoms with Crippen molar-refractivity contribution in [3.8, 4) is 5.75 Å². The lowest BCUT2D eigenvalue weighted by Gasteiger charge is -2.34. The summed E-state index contributed by atoms with van der Waals surface area (Å²) >= 11 is 0. The van der Waals surface area contributed by atoms with Gasteiger partial charge in [-0.1, -0.05) is 47.0 Å². The number of ether oxygens (including phenoxy) is 1. The summed E-state index contributed by atoms with van der Waals surface area (Å²) in [5.74, 6) is 1.10. The van der Waals surface area contributed by atoms with Crippen LogP contribution in [0.3, 0.4) is 0 Å².